The van der Waals surface area contributed by atoms with Crippen molar-refractivity contribution < 1.29 is 4.74 Å². The number of H-pyrrole nitrogens is 1. The van der Waals surface area contributed by atoms with Gasteiger partial charge in [0.1, 0.15) is 10.7 Å². The van der Waals surface area contributed by atoms with Crippen LogP contribution < -0.4 is 11.1 Å². The second kappa shape index (κ2) is 8.22. The molecule has 0 radical (unpaired) electrons. The Morgan fingerprint density at radius 1 is 1.26 bits per heavy atom. The molecule has 0 aliphatic carbocycles. The molecule has 1 atom stereocenters. The number of ether oxygens (including phenoxy) is 1. The van der Waals surface area contributed by atoms with E-state index in [0.29, 0.717) is 39.6 Å². The van der Waals surface area contributed by atoms with E-state index in [9.17, 15) is 9.59 Å². The highest BCUT2D eigenvalue weighted by Crippen LogP contribution is 2.27. The summed E-state index contributed by atoms with van der Waals surface area (Å²) in [4.78, 5) is 39.9. The molecule has 5 rings (SSSR count). The maximum absolute atomic E-state index is 13.2. The molecule has 0 spiro atoms. The summed E-state index contributed by atoms with van der Waals surface area (Å²) >= 11 is 2.94. The van der Waals surface area contributed by atoms with E-state index in [4.69, 9.17) is 9.72 Å². The number of aromatic amines is 1. The van der Waals surface area contributed by atoms with Crippen LogP contribution in [-0.2, 0) is 17.0 Å². The van der Waals surface area contributed by atoms with Gasteiger partial charge in [-0.15, -0.1) is 11.3 Å². The second-order valence-corrected chi connectivity index (χ2v) is 9.87. The van der Waals surface area contributed by atoms with E-state index in [2.05, 4.69) is 9.97 Å². The molecule has 0 saturated carbocycles. The van der Waals surface area contributed by atoms with E-state index in [0.717, 1.165) is 34.7 Å². The van der Waals surface area contributed by atoms with Gasteiger partial charge in [-0.2, -0.15) is 0 Å². The molecule has 1 saturated heterocycles. The van der Waals surface area contributed by atoms with Crippen molar-refractivity contribution in [1.82, 2.24) is 19.5 Å². The highest BCUT2D eigenvalue weighted by atomic mass is 32.2. The number of thioether (sulfide) groups is 1. The number of aromatic nitrogens is 4. The molecular formula is C22H22N4O3S2. The van der Waals surface area contributed by atoms with E-state index < -0.39 is 0 Å². The number of benzene rings is 1. The molecule has 3 aromatic heterocycles. The van der Waals surface area contributed by atoms with Crippen LogP contribution in [0.25, 0.3) is 21.1 Å². The van der Waals surface area contributed by atoms with Crippen LogP contribution in [-0.4, -0.2) is 32.2 Å². The van der Waals surface area contributed by atoms with E-state index in [1.807, 2.05) is 32.0 Å². The lowest BCUT2D eigenvalue weighted by molar-refractivity contribution is 0.0937. The number of hydrogen-bond donors (Lipinski definition) is 1. The topological polar surface area (TPSA) is 89.9 Å². The number of nitrogens with zero attached hydrogens (tertiary/aromatic N) is 3. The van der Waals surface area contributed by atoms with Crippen molar-refractivity contribution in [3.8, 4) is 0 Å². The standard InChI is InChI=1S/C22H22N4O3S2/c1-12-13(2)31-20-18(12)19(27)24-17(25-20)11-30-22-23-16-8-4-3-7-15(16)21(28)26(22)10-14-6-5-9-29-14/h3-4,7-8,14H,5-6,9-11H2,1-2H3,(H,24,25,27)/t14-/m1/s1. The van der Waals surface area contributed by atoms with Gasteiger partial charge in [0.25, 0.3) is 11.1 Å². The third-order valence-electron chi connectivity index (χ3n) is 5.66. The summed E-state index contributed by atoms with van der Waals surface area (Å²) in [6.07, 6.45) is 1.96. The van der Waals surface area contributed by atoms with Crippen LogP contribution in [0.15, 0.2) is 39.0 Å². The molecule has 0 bridgehead atoms. The molecule has 0 amide bonds. The zero-order valence-corrected chi connectivity index (χ0v) is 18.9. The number of fused-ring (bicyclic) bond motifs is 2. The van der Waals surface area contributed by atoms with E-state index >= 15 is 0 Å². The summed E-state index contributed by atoms with van der Waals surface area (Å²) in [6.45, 7) is 5.15. The first-order valence-electron chi connectivity index (χ1n) is 10.2. The average molecular weight is 455 g/mol. The van der Waals surface area contributed by atoms with Crippen molar-refractivity contribution in [3.05, 3.63) is 61.2 Å². The van der Waals surface area contributed by atoms with Gasteiger partial charge in [0, 0.05) is 11.5 Å². The van der Waals surface area contributed by atoms with Crippen LogP contribution in [0.3, 0.4) is 0 Å². The highest BCUT2D eigenvalue weighted by molar-refractivity contribution is 7.98. The fourth-order valence-corrected chi connectivity index (χ4v) is 5.84. The number of rotatable bonds is 5. The van der Waals surface area contributed by atoms with E-state index in [-0.39, 0.29) is 17.2 Å². The van der Waals surface area contributed by atoms with Crippen molar-refractivity contribution in [2.75, 3.05) is 6.61 Å². The molecule has 9 heteroatoms. The first-order valence-corrected chi connectivity index (χ1v) is 12.0. The zero-order chi connectivity index (χ0) is 21.5. The molecule has 31 heavy (non-hydrogen) atoms. The Morgan fingerprint density at radius 2 is 2.10 bits per heavy atom. The van der Waals surface area contributed by atoms with Gasteiger partial charge in [-0.3, -0.25) is 14.2 Å². The number of nitrogens with one attached hydrogen (secondary N) is 1. The zero-order valence-electron chi connectivity index (χ0n) is 17.3. The molecule has 0 unspecified atom stereocenters. The smallest absolute Gasteiger partial charge is 0.262 e. The van der Waals surface area contributed by atoms with Crippen LogP contribution in [0, 0.1) is 13.8 Å². The number of aryl methyl sites for hydroxylation is 2. The monoisotopic (exact) mass is 454 g/mol. The number of thiophene rings is 1. The Kier molecular flexibility index (Phi) is 5.41. The molecule has 7 nitrogen and oxygen atoms in total. The summed E-state index contributed by atoms with van der Waals surface area (Å²) in [5, 5.41) is 1.87. The third kappa shape index (κ3) is 3.81. The Morgan fingerprint density at radius 3 is 2.90 bits per heavy atom. The second-order valence-electron chi connectivity index (χ2n) is 7.73. The predicted octanol–water partition coefficient (Wildman–Crippen LogP) is 3.78. The SMILES string of the molecule is Cc1sc2nc(CSc3nc4ccccc4c(=O)n3C[C@H]3CCCO3)[nH]c(=O)c2c1C. The summed E-state index contributed by atoms with van der Waals surface area (Å²) < 4.78 is 7.47. The lowest BCUT2D eigenvalue weighted by atomic mass is 10.2. The fraction of sp³-hybridized carbons (Fsp3) is 0.364. The van der Waals surface area contributed by atoms with Crippen LogP contribution in [0.5, 0.6) is 0 Å². The van der Waals surface area contributed by atoms with Crippen molar-refractivity contribution in [1.29, 1.82) is 0 Å². The summed E-state index contributed by atoms with van der Waals surface area (Å²) in [5.41, 5.74) is 1.46. The molecule has 4 aromatic rings. The lowest BCUT2D eigenvalue weighted by Crippen LogP contribution is -2.28. The van der Waals surface area contributed by atoms with E-state index in [1.54, 1.807) is 10.6 Å². The molecule has 1 aromatic carbocycles. The molecule has 4 heterocycles. The van der Waals surface area contributed by atoms with Gasteiger partial charge in [0.15, 0.2) is 5.16 Å². The minimum atomic E-state index is -0.120. The fourth-order valence-electron chi connectivity index (χ4n) is 3.91. The molecule has 1 fully saturated rings. The van der Waals surface area contributed by atoms with Crippen molar-refractivity contribution in [2.24, 2.45) is 0 Å². The Bertz CT molecular complexity index is 1400. The normalized spacial score (nSPS) is 16.5. The Hall–Kier alpha value is -2.49. The molecule has 1 N–H and O–H groups in total. The first-order chi connectivity index (χ1) is 15.0. The third-order valence-corrected chi connectivity index (χ3v) is 7.75. The Balaban J connectivity index is 1.51. The maximum atomic E-state index is 13.2. The Labute approximate surface area is 186 Å². The van der Waals surface area contributed by atoms with Crippen molar-refractivity contribution >= 4 is 44.2 Å². The van der Waals surface area contributed by atoms with Gasteiger partial charge in [-0.05, 0) is 44.4 Å². The average Bonchev–Trinajstić information content (AvgIpc) is 3.37. The van der Waals surface area contributed by atoms with Crippen molar-refractivity contribution in [2.45, 2.75) is 50.2 Å². The maximum Gasteiger partial charge on any atom is 0.262 e. The molecule has 1 aliphatic heterocycles. The van der Waals surface area contributed by atoms with Crippen LogP contribution in [0.4, 0.5) is 0 Å². The van der Waals surface area contributed by atoms with Gasteiger partial charge in [-0.1, -0.05) is 23.9 Å². The number of hydrogen-bond acceptors (Lipinski definition) is 7. The minimum absolute atomic E-state index is 0.0198. The van der Waals surface area contributed by atoms with Gasteiger partial charge in [0.05, 0.1) is 34.7 Å². The van der Waals surface area contributed by atoms with Gasteiger partial charge >= 0.3 is 0 Å². The number of para-hydroxylation sites is 1. The van der Waals surface area contributed by atoms with Crippen LogP contribution in [0.1, 0.15) is 29.1 Å². The lowest BCUT2D eigenvalue weighted by Gasteiger charge is -2.16. The molecule has 160 valence electrons. The van der Waals surface area contributed by atoms with Gasteiger partial charge in [-0.25, -0.2) is 9.97 Å². The quantitative estimate of drug-likeness (QED) is 0.365. The van der Waals surface area contributed by atoms with Crippen LogP contribution >= 0.6 is 23.1 Å². The largest absolute Gasteiger partial charge is 0.376 e. The minimum Gasteiger partial charge on any atom is -0.376 e. The predicted molar refractivity (Wildman–Crippen MR) is 124 cm³/mol. The van der Waals surface area contributed by atoms with Gasteiger partial charge < -0.3 is 9.72 Å². The summed E-state index contributed by atoms with van der Waals surface area (Å²) in [5.74, 6) is 0.993. The highest BCUT2D eigenvalue weighted by Gasteiger charge is 2.20. The molecule has 1 aliphatic rings. The van der Waals surface area contributed by atoms with E-state index in [1.165, 1.54) is 23.1 Å². The molecular weight excluding hydrogens is 432 g/mol. The van der Waals surface area contributed by atoms with Gasteiger partial charge in [0.2, 0.25) is 0 Å². The van der Waals surface area contributed by atoms with Crippen molar-refractivity contribution in [3.63, 3.8) is 0 Å². The van der Waals surface area contributed by atoms with Crippen LogP contribution in [0.2, 0.25) is 0 Å². The summed E-state index contributed by atoms with van der Waals surface area (Å²) in [7, 11) is 0. The first kappa shape index (κ1) is 20.4. The summed E-state index contributed by atoms with van der Waals surface area (Å²) in [6, 6.07) is 7.38.